The summed E-state index contributed by atoms with van der Waals surface area (Å²) in [6, 6.07) is 12.8. The predicted molar refractivity (Wildman–Crippen MR) is 103 cm³/mol. The third-order valence-electron chi connectivity index (χ3n) is 3.46. The van der Waals surface area contributed by atoms with Crippen molar-refractivity contribution in [1.82, 2.24) is 0 Å². The van der Waals surface area contributed by atoms with Crippen LogP contribution in [0.4, 0.5) is 11.4 Å². The summed E-state index contributed by atoms with van der Waals surface area (Å²) in [6.45, 7) is 6.32. The molecule has 0 aliphatic heterocycles. The van der Waals surface area contributed by atoms with Gasteiger partial charge >= 0.3 is 0 Å². The summed E-state index contributed by atoms with van der Waals surface area (Å²) in [5, 5.41) is 2.78. The molecule has 0 saturated heterocycles. The van der Waals surface area contributed by atoms with E-state index in [0.29, 0.717) is 30.2 Å². The lowest BCUT2D eigenvalue weighted by Gasteiger charge is -2.11. The van der Waals surface area contributed by atoms with Gasteiger partial charge in [-0.1, -0.05) is 13.8 Å². The standard InChI is InChI=1S/C19H24N2O4S/c1-4-25-17-9-11-18(12-10-17)26(23,24)21-16-7-5-15(6-8-16)20-19(22)13-14(2)3/h5-12,14,21H,4,13H2,1-3H3,(H,20,22). The van der Waals surface area contributed by atoms with E-state index in [-0.39, 0.29) is 16.7 Å². The van der Waals surface area contributed by atoms with Crippen molar-refractivity contribution in [2.24, 2.45) is 5.92 Å². The van der Waals surface area contributed by atoms with E-state index in [2.05, 4.69) is 10.0 Å². The van der Waals surface area contributed by atoms with E-state index in [0.717, 1.165) is 0 Å². The van der Waals surface area contributed by atoms with Crippen molar-refractivity contribution in [1.29, 1.82) is 0 Å². The summed E-state index contributed by atoms with van der Waals surface area (Å²) in [6.07, 6.45) is 0.437. The van der Waals surface area contributed by atoms with Gasteiger partial charge in [-0.2, -0.15) is 0 Å². The highest BCUT2D eigenvalue weighted by Crippen LogP contribution is 2.21. The molecule has 2 aromatic rings. The molecule has 0 radical (unpaired) electrons. The van der Waals surface area contributed by atoms with Crippen molar-refractivity contribution in [3.05, 3.63) is 48.5 Å². The molecule has 0 atom stereocenters. The minimum atomic E-state index is -3.69. The Hall–Kier alpha value is -2.54. The summed E-state index contributed by atoms with van der Waals surface area (Å²) < 4.78 is 32.7. The van der Waals surface area contributed by atoms with Crippen LogP contribution < -0.4 is 14.8 Å². The second-order valence-corrected chi connectivity index (χ2v) is 7.92. The molecule has 2 rings (SSSR count). The predicted octanol–water partition coefficient (Wildman–Crippen LogP) is 3.87. The third-order valence-corrected chi connectivity index (χ3v) is 4.86. The first-order valence-electron chi connectivity index (χ1n) is 8.45. The topological polar surface area (TPSA) is 84.5 Å². The fourth-order valence-corrected chi connectivity index (χ4v) is 3.36. The van der Waals surface area contributed by atoms with Crippen LogP contribution in [-0.4, -0.2) is 20.9 Å². The lowest BCUT2D eigenvalue weighted by molar-refractivity contribution is -0.116. The Morgan fingerprint density at radius 3 is 2.12 bits per heavy atom. The molecule has 0 spiro atoms. The van der Waals surface area contributed by atoms with Gasteiger partial charge in [0, 0.05) is 17.8 Å². The maximum absolute atomic E-state index is 12.4. The average molecular weight is 376 g/mol. The van der Waals surface area contributed by atoms with Crippen molar-refractivity contribution >= 4 is 27.3 Å². The van der Waals surface area contributed by atoms with Crippen LogP contribution in [0.5, 0.6) is 5.75 Å². The summed E-state index contributed by atoms with van der Waals surface area (Å²) in [5.74, 6) is 0.825. The van der Waals surface area contributed by atoms with E-state index >= 15 is 0 Å². The van der Waals surface area contributed by atoms with E-state index in [1.54, 1.807) is 36.4 Å². The van der Waals surface area contributed by atoms with Gasteiger partial charge in [0.1, 0.15) is 5.75 Å². The van der Waals surface area contributed by atoms with E-state index < -0.39 is 10.0 Å². The first kappa shape index (κ1) is 19.8. The number of hydrogen-bond donors (Lipinski definition) is 2. The quantitative estimate of drug-likeness (QED) is 0.732. The van der Waals surface area contributed by atoms with Crippen LogP contribution in [0, 0.1) is 5.92 Å². The van der Waals surface area contributed by atoms with Crippen molar-refractivity contribution < 1.29 is 17.9 Å². The van der Waals surface area contributed by atoms with Gasteiger partial charge in [-0.3, -0.25) is 9.52 Å². The summed E-state index contributed by atoms with van der Waals surface area (Å²) in [5.41, 5.74) is 1.04. The third kappa shape index (κ3) is 5.77. The minimum Gasteiger partial charge on any atom is -0.494 e. The van der Waals surface area contributed by atoms with Crippen molar-refractivity contribution in [2.45, 2.75) is 32.1 Å². The number of benzene rings is 2. The maximum Gasteiger partial charge on any atom is 0.261 e. The Kier molecular flexibility index (Phi) is 6.63. The van der Waals surface area contributed by atoms with E-state index in [1.165, 1.54) is 12.1 Å². The molecule has 0 bridgehead atoms. The fraction of sp³-hybridized carbons (Fsp3) is 0.316. The lowest BCUT2D eigenvalue weighted by Crippen LogP contribution is -2.14. The van der Waals surface area contributed by atoms with Crippen LogP contribution in [0.25, 0.3) is 0 Å². The Morgan fingerprint density at radius 2 is 1.58 bits per heavy atom. The number of carbonyl (C=O) groups is 1. The van der Waals surface area contributed by atoms with Crippen LogP contribution in [0.1, 0.15) is 27.2 Å². The summed E-state index contributed by atoms with van der Waals surface area (Å²) in [4.78, 5) is 11.9. The van der Waals surface area contributed by atoms with Gasteiger partial charge in [0.2, 0.25) is 5.91 Å². The van der Waals surface area contributed by atoms with Crippen molar-refractivity contribution in [2.75, 3.05) is 16.6 Å². The second-order valence-electron chi connectivity index (χ2n) is 6.23. The second kappa shape index (κ2) is 8.71. The molecule has 2 aromatic carbocycles. The highest BCUT2D eigenvalue weighted by atomic mass is 32.2. The van der Waals surface area contributed by atoms with E-state index in [4.69, 9.17) is 4.74 Å². The number of carbonyl (C=O) groups excluding carboxylic acids is 1. The molecule has 0 aliphatic carbocycles. The maximum atomic E-state index is 12.4. The molecule has 0 fully saturated rings. The molecule has 7 heteroatoms. The molecule has 2 N–H and O–H groups in total. The van der Waals surface area contributed by atoms with Gasteiger partial charge in [0.25, 0.3) is 10.0 Å². The molecule has 0 saturated carbocycles. The Morgan fingerprint density at radius 1 is 1.00 bits per heavy atom. The molecule has 26 heavy (non-hydrogen) atoms. The highest BCUT2D eigenvalue weighted by Gasteiger charge is 2.14. The normalized spacial score (nSPS) is 11.2. The van der Waals surface area contributed by atoms with Crippen LogP contribution in [0.15, 0.2) is 53.4 Å². The minimum absolute atomic E-state index is 0.0669. The number of nitrogens with one attached hydrogen (secondary N) is 2. The molecule has 0 aliphatic rings. The lowest BCUT2D eigenvalue weighted by atomic mass is 10.1. The van der Waals surface area contributed by atoms with Gasteiger partial charge in [-0.05, 0) is 61.4 Å². The van der Waals surface area contributed by atoms with Gasteiger partial charge in [0.05, 0.1) is 11.5 Å². The van der Waals surface area contributed by atoms with E-state index in [1.807, 2.05) is 20.8 Å². The molecule has 0 unspecified atom stereocenters. The van der Waals surface area contributed by atoms with Crippen LogP contribution in [0.3, 0.4) is 0 Å². The first-order chi connectivity index (χ1) is 12.3. The Balaban J connectivity index is 2.04. The van der Waals surface area contributed by atoms with E-state index in [9.17, 15) is 13.2 Å². The molecular weight excluding hydrogens is 352 g/mol. The van der Waals surface area contributed by atoms with Gasteiger partial charge in [-0.15, -0.1) is 0 Å². The Labute approximate surface area is 154 Å². The smallest absolute Gasteiger partial charge is 0.261 e. The van der Waals surface area contributed by atoms with Gasteiger partial charge in [0.15, 0.2) is 0 Å². The monoisotopic (exact) mass is 376 g/mol. The summed E-state index contributed by atoms with van der Waals surface area (Å²) >= 11 is 0. The zero-order valence-corrected chi connectivity index (χ0v) is 16.0. The number of amides is 1. The number of ether oxygens (including phenoxy) is 1. The van der Waals surface area contributed by atoms with Crippen LogP contribution in [-0.2, 0) is 14.8 Å². The van der Waals surface area contributed by atoms with Crippen molar-refractivity contribution in [3.63, 3.8) is 0 Å². The van der Waals surface area contributed by atoms with Gasteiger partial charge < -0.3 is 10.1 Å². The largest absolute Gasteiger partial charge is 0.494 e. The average Bonchev–Trinajstić information content (AvgIpc) is 2.56. The summed E-state index contributed by atoms with van der Waals surface area (Å²) in [7, 11) is -3.69. The molecule has 0 heterocycles. The number of anilines is 2. The molecule has 1 amide bonds. The molecule has 6 nitrogen and oxygen atoms in total. The number of sulfonamides is 1. The molecule has 140 valence electrons. The fourth-order valence-electron chi connectivity index (χ4n) is 2.30. The molecular formula is C19H24N2O4S. The zero-order valence-electron chi connectivity index (χ0n) is 15.2. The number of hydrogen-bond acceptors (Lipinski definition) is 4. The zero-order chi connectivity index (χ0) is 19.2. The van der Waals surface area contributed by atoms with Crippen LogP contribution >= 0.6 is 0 Å². The Bertz CT molecular complexity index is 829. The highest BCUT2D eigenvalue weighted by molar-refractivity contribution is 7.92. The van der Waals surface area contributed by atoms with Crippen molar-refractivity contribution in [3.8, 4) is 5.75 Å². The van der Waals surface area contributed by atoms with Crippen LogP contribution in [0.2, 0.25) is 0 Å². The van der Waals surface area contributed by atoms with Gasteiger partial charge in [-0.25, -0.2) is 8.42 Å². The first-order valence-corrected chi connectivity index (χ1v) is 9.94. The SMILES string of the molecule is CCOc1ccc(S(=O)(=O)Nc2ccc(NC(=O)CC(C)C)cc2)cc1. The molecule has 0 aromatic heterocycles. The number of rotatable bonds is 8.